The maximum absolute atomic E-state index is 5.73. The Morgan fingerprint density at radius 1 is 1.40 bits per heavy atom. The van der Waals surface area contributed by atoms with Crippen molar-refractivity contribution in [2.24, 2.45) is 0 Å². The van der Waals surface area contributed by atoms with Crippen molar-refractivity contribution in [3.05, 3.63) is 29.0 Å². The van der Waals surface area contributed by atoms with Crippen molar-refractivity contribution in [3.63, 3.8) is 0 Å². The number of nitrogens with one attached hydrogen (secondary N) is 1. The molecule has 0 aromatic carbocycles. The number of nitrogens with zero attached hydrogens (tertiary/aromatic N) is 1. The van der Waals surface area contributed by atoms with E-state index in [0.29, 0.717) is 5.15 Å². The fraction of sp³-hybridized carbons (Fsp3) is 0.545. The highest BCUT2D eigenvalue weighted by molar-refractivity contribution is 7.99. The molecule has 1 fully saturated rings. The van der Waals surface area contributed by atoms with Gasteiger partial charge in [0.25, 0.3) is 0 Å². The third-order valence-electron chi connectivity index (χ3n) is 2.56. The van der Waals surface area contributed by atoms with Crippen LogP contribution in [0.4, 0.5) is 0 Å². The van der Waals surface area contributed by atoms with E-state index in [1.54, 1.807) is 0 Å². The maximum atomic E-state index is 5.73. The first-order chi connectivity index (χ1) is 7.34. The minimum absolute atomic E-state index is 0.575. The second-order valence-electron chi connectivity index (χ2n) is 3.75. The number of piperidine rings is 1. The number of halogens is 1. The number of hydrogen-bond donors (Lipinski definition) is 1. The lowest BCUT2D eigenvalue weighted by Crippen LogP contribution is -2.29. The molecule has 2 nitrogen and oxygen atoms in total. The average molecular weight is 243 g/mol. The third kappa shape index (κ3) is 3.67. The van der Waals surface area contributed by atoms with Gasteiger partial charge in [0.1, 0.15) is 5.15 Å². The Morgan fingerprint density at radius 3 is 2.87 bits per heavy atom. The second kappa shape index (κ2) is 5.73. The lowest BCUT2D eigenvalue weighted by atomic mass is 10.2. The van der Waals surface area contributed by atoms with E-state index >= 15 is 0 Å². The maximum Gasteiger partial charge on any atom is 0.129 e. The van der Waals surface area contributed by atoms with Crippen molar-refractivity contribution in [3.8, 4) is 0 Å². The molecule has 1 N–H and O–H groups in total. The van der Waals surface area contributed by atoms with Gasteiger partial charge in [-0.2, -0.15) is 11.8 Å². The molecule has 0 atom stereocenters. The minimum atomic E-state index is 0.575. The van der Waals surface area contributed by atoms with Crippen molar-refractivity contribution < 1.29 is 0 Å². The van der Waals surface area contributed by atoms with E-state index in [4.69, 9.17) is 11.6 Å². The zero-order valence-corrected chi connectivity index (χ0v) is 10.2. The summed E-state index contributed by atoms with van der Waals surface area (Å²) in [5, 5.41) is 4.76. The Labute approximate surface area is 99.8 Å². The van der Waals surface area contributed by atoms with Gasteiger partial charge in [-0.25, -0.2) is 4.98 Å². The molecule has 0 saturated carbocycles. The average Bonchev–Trinajstić information content (AvgIpc) is 2.30. The third-order valence-corrected chi connectivity index (χ3v) is 4.23. The summed E-state index contributed by atoms with van der Waals surface area (Å²) in [6.07, 6.45) is 4.44. The van der Waals surface area contributed by atoms with Crippen LogP contribution in [0.2, 0.25) is 5.15 Å². The molecule has 1 saturated heterocycles. The number of thioether (sulfide) groups is 1. The zero-order valence-electron chi connectivity index (χ0n) is 8.58. The molecule has 1 aliphatic rings. The Kier molecular flexibility index (Phi) is 4.29. The first-order valence-electron chi connectivity index (χ1n) is 5.27. The highest BCUT2D eigenvalue weighted by Crippen LogP contribution is 2.24. The van der Waals surface area contributed by atoms with Crippen LogP contribution in [0.3, 0.4) is 0 Å². The molecule has 0 radical (unpaired) electrons. The van der Waals surface area contributed by atoms with Crippen LogP contribution < -0.4 is 5.32 Å². The van der Waals surface area contributed by atoms with Crippen LogP contribution in [0, 0.1) is 0 Å². The molecular formula is C11H15ClN2S. The number of aromatic nitrogens is 1. The first-order valence-corrected chi connectivity index (χ1v) is 6.70. The monoisotopic (exact) mass is 242 g/mol. The highest BCUT2D eigenvalue weighted by atomic mass is 35.5. The first kappa shape index (κ1) is 11.2. The fourth-order valence-electron chi connectivity index (χ4n) is 1.67. The molecule has 1 aromatic heterocycles. The minimum Gasteiger partial charge on any atom is -0.317 e. The topological polar surface area (TPSA) is 24.9 Å². The van der Waals surface area contributed by atoms with Crippen molar-refractivity contribution >= 4 is 23.4 Å². The Morgan fingerprint density at radius 2 is 2.20 bits per heavy atom. The van der Waals surface area contributed by atoms with E-state index in [-0.39, 0.29) is 0 Å². The van der Waals surface area contributed by atoms with Gasteiger partial charge in [0.15, 0.2) is 0 Å². The molecule has 0 amide bonds. The summed E-state index contributed by atoms with van der Waals surface area (Å²) in [5.74, 6) is 1.05. The molecular weight excluding hydrogens is 228 g/mol. The van der Waals surface area contributed by atoms with Gasteiger partial charge >= 0.3 is 0 Å². The van der Waals surface area contributed by atoms with Gasteiger partial charge in [-0.05, 0) is 37.6 Å². The number of hydrogen-bond acceptors (Lipinski definition) is 3. The van der Waals surface area contributed by atoms with Gasteiger partial charge < -0.3 is 5.32 Å². The molecule has 4 heteroatoms. The van der Waals surface area contributed by atoms with E-state index in [0.717, 1.165) is 24.1 Å². The lowest BCUT2D eigenvalue weighted by molar-refractivity contribution is 0.531. The van der Waals surface area contributed by atoms with Gasteiger partial charge in [-0.3, -0.25) is 0 Å². The van der Waals surface area contributed by atoms with Gasteiger partial charge in [0, 0.05) is 17.2 Å². The number of rotatable bonds is 3. The predicted octanol–water partition coefficient (Wildman–Crippen LogP) is 2.72. The van der Waals surface area contributed by atoms with Crippen LogP contribution in [0.5, 0.6) is 0 Å². The number of pyridine rings is 1. The van der Waals surface area contributed by atoms with Gasteiger partial charge in [0.05, 0.1) is 0 Å². The summed E-state index contributed by atoms with van der Waals surface area (Å²) in [7, 11) is 0. The fourth-order valence-corrected chi connectivity index (χ4v) is 2.95. The largest absolute Gasteiger partial charge is 0.317 e. The van der Waals surface area contributed by atoms with Crippen molar-refractivity contribution in [1.82, 2.24) is 10.3 Å². The Balaban J connectivity index is 1.79. The van der Waals surface area contributed by atoms with Crippen LogP contribution in [0.15, 0.2) is 18.3 Å². The van der Waals surface area contributed by atoms with E-state index < -0.39 is 0 Å². The van der Waals surface area contributed by atoms with Crippen molar-refractivity contribution in [2.45, 2.75) is 23.8 Å². The van der Waals surface area contributed by atoms with Gasteiger partial charge in [-0.1, -0.05) is 17.7 Å². The van der Waals surface area contributed by atoms with Crippen LogP contribution in [-0.2, 0) is 5.75 Å². The smallest absolute Gasteiger partial charge is 0.129 e. The zero-order chi connectivity index (χ0) is 10.5. The van der Waals surface area contributed by atoms with Crippen LogP contribution >= 0.6 is 23.4 Å². The molecule has 1 aromatic rings. The molecule has 2 rings (SSSR count). The SMILES string of the molecule is Clc1ccc(CSC2CCNCC2)cn1. The normalized spacial score (nSPS) is 17.9. The molecule has 1 aliphatic heterocycles. The van der Waals surface area contributed by atoms with E-state index in [2.05, 4.69) is 16.4 Å². The molecule has 0 bridgehead atoms. The molecule has 2 heterocycles. The van der Waals surface area contributed by atoms with Crippen molar-refractivity contribution in [1.29, 1.82) is 0 Å². The summed E-state index contributed by atoms with van der Waals surface area (Å²) in [5.41, 5.74) is 1.27. The molecule has 0 aliphatic carbocycles. The summed E-state index contributed by atoms with van der Waals surface area (Å²) in [6.45, 7) is 2.33. The quantitative estimate of drug-likeness (QED) is 0.826. The van der Waals surface area contributed by atoms with E-state index in [1.807, 2.05) is 24.0 Å². The Hall–Kier alpha value is -0.250. The van der Waals surface area contributed by atoms with Crippen LogP contribution in [0.1, 0.15) is 18.4 Å². The standard InChI is InChI=1S/C11H15ClN2S/c12-11-2-1-9(7-14-11)8-15-10-3-5-13-6-4-10/h1-2,7,10,13H,3-6,8H2. The summed E-state index contributed by atoms with van der Waals surface area (Å²) in [6, 6.07) is 3.92. The van der Waals surface area contributed by atoms with E-state index in [9.17, 15) is 0 Å². The van der Waals surface area contributed by atoms with Gasteiger partial charge in [-0.15, -0.1) is 0 Å². The van der Waals surface area contributed by atoms with Crippen LogP contribution in [-0.4, -0.2) is 23.3 Å². The van der Waals surface area contributed by atoms with Crippen LogP contribution in [0.25, 0.3) is 0 Å². The molecule has 0 unspecified atom stereocenters. The predicted molar refractivity (Wildman–Crippen MR) is 66.4 cm³/mol. The Bertz CT molecular complexity index is 296. The second-order valence-corrected chi connectivity index (χ2v) is 5.43. The molecule has 15 heavy (non-hydrogen) atoms. The summed E-state index contributed by atoms with van der Waals surface area (Å²) in [4.78, 5) is 4.08. The summed E-state index contributed by atoms with van der Waals surface area (Å²) < 4.78 is 0. The van der Waals surface area contributed by atoms with E-state index in [1.165, 1.54) is 18.4 Å². The highest BCUT2D eigenvalue weighted by Gasteiger charge is 2.12. The lowest BCUT2D eigenvalue weighted by Gasteiger charge is -2.21. The molecule has 82 valence electrons. The van der Waals surface area contributed by atoms with Crippen molar-refractivity contribution in [2.75, 3.05) is 13.1 Å². The van der Waals surface area contributed by atoms with Gasteiger partial charge in [0.2, 0.25) is 0 Å². The molecule has 0 spiro atoms. The summed E-state index contributed by atoms with van der Waals surface area (Å²) >= 11 is 7.77.